The topological polar surface area (TPSA) is 65.1 Å². The number of likely N-dealkylation sites (tertiary alicyclic amines) is 1. The number of carbonyl (C=O) groups is 2. The largest absolute Gasteiger partial charge is 0.501 e. The Kier molecular flexibility index (Phi) is 3.94. The van der Waals surface area contributed by atoms with E-state index in [1.54, 1.807) is 12.0 Å². The molecule has 3 rings (SSSR count). The van der Waals surface area contributed by atoms with E-state index >= 15 is 0 Å². The molecule has 0 aromatic heterocycles. The second-order valence-electron chi connectivity index (χ2n) is 6.17. The Balaban J connectivity index is 2.15. The number of esters is 1. The van der Waals surface area contributed by atoms with E-state index < -0.39 is 12.1 Å². The minimum Gasteiger partial charge on any atom is -0.501 e. The Labute approximate surface area is 143 Å². The van der Waals surface area contributed by atoms with Crippen LogP contribution in [0.25, 0.3) is 0 Å². The summed E-state index contributed by atoms with van der Waals surface area (Å²) in [6, 6.07) is -0.188. The summed E-state index contributed by atoms with van der Waals surface area (Å²) in [5.41, 5.74) is 0.142. The SMILES string of the molecule is C=C[C@]12CN(C(=O)OC)[C@H]3[C@H](Br)[C@H]1CC(OC)=C(C(=O)OC)[C@@H]32. The van der Waals surface area contributed by atoms with Gasteiger partial charge in [0, 0.05) is 29.1 Å². The van der Waals surface area contributed by atoms with Crippen molar-refractivity contribution in [2.24, 2.45) is 17.3 Å². The molecule has 6 nitrogen and oxygen atoms in total. The second-order valence-corrected chi connectivity index (χ2v) is 7.23. The number of alkyl halides is 1. The van der Waals surface area contributed by atoms with Crippen molar-refractivity contribution < 1.29 is 23.8 Å². The number of piperidine rings is 1. The van der Waals surface area contributed by atoms with Gasteiger partial charge in [-0.05, 0) is 5.92 Å². The molecule has 0 radical (unpaired) electrons. The first-order chi connectivity index (χ1) is 11.0. The zero-order chi connectivity index (χ0) is 16.9. The van der Waals surface area contributed by atoms with Gasteiger partial charge in [0.2, 0.25) is 0 Å². The number of amides is 1. The molecule has 0 aromatic carbocycles. The molecule has 1 saturated carbocycles. The molecule has 2 aliphatic carbocycles. The molecule has 7 heteroatoms. The van der Waals surface area contributed by atoms with Crippen LogP contribution in [0.4, 0.5) is 4.79 Å². The molecule has 0 unspecified atom stereocenters. The highest BCUT2D eigenvalue weighted by Gasteiger charge is 2.70. The number of halogens is 1. The lowest BCUT2D eigenvalue weighted by Crippen LogP contribution is -2.49. The quantitative estimate of drug-likeness (QED) is 0.422. The summed E-state index contributed by atoms with van der Waals surface area (Å²) in [7, 11) is 4.28. The summed E-state index contributed by atoms with van der Waals surface area (Å²) in [5.74, 6) is 0.238. The highest BCUT2D eigenvalue weighted by atomic mass is 79.9. The van der Waals surface area contributed by atoms with Gasteiger partial charge in [-0.25, -0.2) is 9.59 Å². The molecule has 3 aliphatic rings. The zero-order valence-electron chi connectivity index (χ0n) is 13.4. The van der Waals surface area contributed by atoms with Crippen LogP contribution in [0.3, 0.4) is 0 Å². The lowest BCUT2D eigenvalue weighted by atomic mass is 9.65. The zero-order valence-corrected chi connectivity index (χ0v) is 15.0. The molecule has 126 valence electrons. The van der Waals surface area contributed by atoms with Crippen molar-refractivity contribution in [3.8, 4) is 0 Å². The first-order valence-electron chi connectivity index (χ1n) is 7.44. The third kappa shape index (κ3) is 1.92. The number of hydrogen-bond donors (Lipinski definition) is 0. The average Bonchev–Trinajstić information content (AvgIpc) is 2.99. The summed E-state index contributed by atoms with van der Waals surface area (Å²) >= 11 is 3.74. The van der Waals surface area contributed by atoms with Crippen LogP contribution in [-0.2, 0) is 19.0 Å². The van der Waals surface area contributed by atoms with E-state index in [-0.39, 0.29) is 28.1 Å². The van der Waals surface area contributed by atoms with Crippen molar-refractivity contribution >= 4 is 28.0 Å². The molecule has 0 spiro atoms. The molecule has 2 fully saturated rings. The predicted molar refractivity (Wildman–Crippen MR) is 85.9 cm³/mol. The van der Waals surface area contributed by atoms with E-state index in [9.17, 15) is 9.59 Å². The van der Waals surface area contributed by atoms with Crippen molar-refractivity contribution in [1.29, 1.82) is 0 Å². The number of carbonyl (C=O) groups excluding carboxylic acids is 2. The number of methoxy groups -OCH3 is 3. The molecule has 1 saturated heterocycles. The van der Waals surface area contributed by atoms with Crippen LogP contribution in [0.2, 0.25) is 0 Å². The first kappa shape index (κ1) is 16.4. The van der Waals surface area contributed by atoms with Gasteiger partial charge in [0.1, 0.15) is 5.76 Å². The summed E-state index contributed by atoms with van der Waals surface area (Å²) in [5, 5.41) is 0. The van der Waals surface area contributed by atoms with Crippen LogP contribution in [0.5, 0.6) is 0 Å². The fourth-order valence-electron chi connectivity index (χ4n) is 4.65. The molecule has 1 aliphatic heterocycles. The normalized spacial score (nSPS) is 37.7. The summed E-state index contributed by atoms with van der Waals surface area (Å²) in [6.07, 6.45) is 2.11. The lowest BCUT2D eigenvalue weighted by molar-refractivity contribution is -0.137. The minimum atomic E-state index is -0.408. The van der Waals surface area contributed by atoms with E-state index in [1.807, 2.05) is 6.08 Å². The minimum absolute atomic E-state index is 0.0330. The molecule has 0 N–H and O–H groups in total. The number of rotatable bonds is 3. The standard InChI is InChI=1S/C16H20BrNO5/c1-5-16-7-18(15(20)23-4)13-11(16)10(14(19)22-3)9(21-2)6-8(16)12(13)17/h5,8,11-13H,1,6-7H2,2-4H3/t8-,11+,12-,13-,16+/m1/s1. The molecule has 1 heterocycles. The monoisotopic (exact) mass is 385 g/mol. The first-order valence-corrected chi connectivity index (χ1v) is 8.36. The van der Waals surface area contributed by atoms with Crippen LogP contribution in [0.15, 0.2) is 24.0 Å². The molecule has 0 aromatic rings. The number of hydrogen-bond acceptors (Lipinski definition) is 5. The van der Waals surface area contributed by atoms with Crippen LogP contribution in [-0.4, -0.2) is 55.7 Å². The molecule has 5 atom stereocenters. The van der Waals surface area contributed by atoms with E-state index in [0.29, 0.717) is 24.3 Å². The van der Waals surface area contributed by atoms with Crippen molar-refractivity contribution in [3.05, 3.63) is 24.0 Å². The molecular weight excluding hydrogens is 366 g/mol. The van der Waals surface area contributed by atoms with E-state index in [4.69, 9.17) is 14.2 Å². The number of allylic oxidation sites excluding steroid dienone is 1. The van der Waals surface area contributed by atoms with Gasteiger partial charge >= 0.3 is 12.1 Å². The van der Waals surface area contributed by atoms with Gasteiger partial charge in [0.15, 0.2) is 0 Å². The van der Waals surface area contributed by atoms with E-state index in [0.717, 1.165) is 0 Å². The van der Waals surface area contributed by atoms with Crippen molar-refractivity contribution in [3.63, 3.8) is 0 Å². The van der Waals surface area contributed by atoms with Gasteiger partial charge in [-0.1, -0.05) is 22.0 Å². The Hall–Kier alpha value is -1.50. The summed E-state index contributed by atoms with van der Waals surface area (Å²) < 4.78 is 15.4. The van der Waals surface area contributed by atoms with Crippen molar-refractivity contribution in [1.82, 2.24) is 4.90 Å². The summed E-state index contributed by atoms with van der Waals surface area (Å²) in [4.78, 5) is 26.3. The van der Waals surface area contributed by atoms with E-state index in [1.165, 1.54) is 14.2 Å². The molecule has 4 bridgehead atoms. The van der Waals surface area contributed by atoms with Gasteiger partial charge in [-0.2, -0.15) is 0 Å². The van der Waals surface area contributed by atoms with E-state index in [2.05, 4.69) is 22.5 Å². The van der Waals surface area contributed by atoms with Gasteiger partial charge in [-0.3, -0.25) is 0 Å². The predicted octanol–water partition coefficient (Wildman–Crippen LogP) is 2.10. The maximum Gasteiger partial charge on any atom is 0.409 e. The Morgan fingerprint density at radius 3 is 2.57 bits per heavy atom. The van der Waals surface area contributed by atoms with Gasteiger partial charge in [0.25, 0.3) is 0 Å². The maximum absolute atomic E-state index is 12.4. The van der Waals surface area contributed by atoms with Crippen molar-refractivity contribution in [2.45, 2.75) is 17.3 Å². The maximum atomic E-state index is 12.4. The van der Waals surface area contributed by atoms with Gasteiger partial charge < -0.3 is 19.1 Å². The van der Waals surface area contributed by atoms with Crippen LogP contribution in [0.1, 0.15) is 6.42 Å². The fourth-order valence-corrected chi connectivity index (χ4v) is 5.92. The fraction of sp³-hybridized carbons (Fsp3) is 0.625. The number of ether oxygens (including phenoxy) is 3. The Morgan fingerprint density at radius 1 is 1.35 bits per heavy atom. The molecule has 23 heavy (non-hydrogen) atoms. The second kappa shape index (κ2) is 5.54. The number of nitrogens with zero attached hydrogens (tertiary/aromatic N) is 1. The van der Waals surface area contributed by atoms with Crippen LogP contribution >= 0.6 is 15.9 Å². The molecule has 1 amide bonds. The highest BCUT2D eigenvalue weighted by Crippen LogP contribution is 2.65. The van der Waals surface area contributed by atoms with Gasteiger partial charge in [-0.15, -0.1) is 6.58 Å². The Morgan fingerprint density at radius 2 is 2.04 bits per heavy atom. The molecular formula is C16H20BrNO5. The summed E-state index contributed by atoms with van der Waals surface area (Å²) in [6.45, 7) is 4.49. The van der Waals surface area contributed by atoms with Gasteiger partial charge in [0.05, 0.1) is 32.9 Å². The average molecular weight is 386 g/mol. The lowest BCUT2D eigenvalue weighted by Gasteiger charge is -2.42. The Bertz CT molecular complexity index is 603. The third-order valence-corrected chi connectivity index (χ3v) is 6.76. The smallest absolute Gasteiger partial charge is 0.409 e. The van der Waals surface area contributed by atoms with Crippen molar-refractivity contribution in [2.75, 3.05) is 27.9 Å². The van der Waals surface area contributed by atoms with Crippen LogP contribution in [0, 0.1) is 17.3 Å². The third-order valence-electron chi connectivity index (χ3n) is 5.58. The van der Waals surface area contributed by atoms with Crippen LogP contribution < -0.4 is 0 Å². The highest BCUT2D eigenvalue weighted by molar-refractivity contribution is 9.09.